The number of anilines is 1. The Labute approximate surface area is 144 Å². The van der Waals surface area contributed by atoms with Crippen molar-refractivity contribution in [3.05, 3.63) is 52.8 Å². The molecule has 5 nitrogen and oxygen atoms in total. The molecule has 0 saturated heterocycles. The summed E-state index contributed by atoms with van der Waals surface area (Å²) in [4.78, 5) is 12.1. The summed E-state index contributed by atoms with van der Waals surface area (Å²) in [6.07, 6.45) is 0. The topological polar surface area (TPSA) is 59.6 Å². The van der Waals surface area contributed by atoms with Gasteiger partial charge in [0.25, 0.3) is 0 Å². The minimum absolute atomic E-state index is 0.122. The monoisotopic (exact) mass is 352 g/mol. The van der Waals surface area contributed by atoms with E-state index in [0.717, 1.165) is 11.6 Å². The number of ether oxygens (including phenoxy) is 2. The summed E-state index contributed by atoms with van der Waals surface area (Å²) >= 11 is 5.90. The highest BCUT2D eigenvalue weighted by Crippen LogP contribution is 2.29. The molecule has 0 spiro atoms. The van der Waals surface area contributed by atoms with Crippen LogP contribution in [-0.2, 0) is 0 Å². The zero-order valence-corrected chi connectivity index (χ0v) is 14.3. The molecule has 0 heterocycles. The predicted octanol–water partition coefficient (Wildman–Crippen LogP) is 4.38. The lowest BCUT2D eigenvalue weighted by Crippen LogP contribution is -2.31. The average molecular weight is 353 g/mol. The Morgan fingerprint density at radius 1 is 1.17 bits per heavy atom. The molecule has 0 bridgehead atoms. The van der Waals surface area contributed by atoms with Gasteiger partial charge in [-0.3, -0.25) is 0 Å². The van der Waals surface area contributed by atoms with Gasteiger partial charge >= 0.3 is 6.03 Å². The van der Waals surface area contributed by atoms with E-state index < -0.39 is 11.8 Å². The Kier molecular flexibility index (Phi) is 5.87. The van der Waals surface area contributed by atoms with Crippen LogP contribution in [0.2, 0.25) is 5.02 Å². The maximum Gasteiger partial charge on any atom is 0.319 e. The molecule has 0 saturated carbocycles. The molecule has 0 aliphatic carbocycles. The van der Waals surface area contributed by atoms with Gasteiger partial charge in [-0.15, -0.1) is 0 Å². The lowest BCUT2D eigenvalue weighted by Gasteiger charge is -2.19. The minimum Gasteiger partial charge on any atom is -0.497 e. The predicted molar refractivity (Wildman–Crippen MR) is 91.5 cm³/mol. The van der Waals surface area contributed by atoms with E-state index in [9.17, 15) is 9.18 Å². The number of hydrogen-bond donors (Lipinski definition) is 2. The highest BCUT2D eigenvalue weighted by molar-refractivity contribution is 6.33. The lowest BCUT2D eigenvalue weighted by atomic mass is 10.1. The number of nitrogens with one attached hydrogen (secondary N) is 2. The van der Waals surface area contributed by atoms with E-state index in [-0.39, 0.29) is 11.1 Å². The van der Waals surface area contributed by atoms with Gasteiger partial charge in [-0.1, -0.05) is 11.6 Å². The van der Waals surface area contributed by atoms with Gasteiger partial charge in [0.15, 0.2) is 0 Å². The first-order valence-electron chi connectivity index (χ1n) is 7.19. The lowest BCUT2D eigenvalue weighted by molar-refractivity contribution is 0.249. The number of rotatable bonds is 5. The van der Waals surface area contributed by atoms with Crippen LogP contribution in [0, 0.1) is 5.82 Å². The third-order valence-electron chi connectivity index (χ3n) is 3.43. The standard InChI is InChI=1S/C17H18ClFN2O3/c1-10(13-9-12(23-2)5-7-16(13)24-3)20-17(22)21-15-6-4-11(19)8-14(15)18/h4-10H,1-3H3,(H2,20,21,22). The van der Waals surface area contributed by atoms with Gasteiger partial charge in [0.2, 0.25) is 0 Å². The van der Waals surface area contributed by atoms with Crippen molar-refractivity contribution in [2.45, 2.75) is 13.0 Å². The third-order valence-corrected chi connectivity index (χ3v) is 3.74. The number of carbonyl (C=O) groups is 1. The molecule has 2 aromatic rings. The van der Waals surface area contributed by atoms with E-state index in [4.69, 9.17) is 21.1 Å². The summed E-state index contributed by atoms with van der Waals surface area (Å²) < 4.78 is 23.5. The molecule has 0 aromatic heterocycles. The Morgan fingerprint density at radius 3 is 2.54 bits per heavy atom. The highest BCUT2D eigenvalue weighted by atomic mass is 35.5. The van der Waals surface area contributed by atoms with Crippen LogP contribution in [0.1, 0.15) is 18.5 Å². The first-order valence-corrected chi connectivity index (χ1v) is 7.57. The molecule has 2 aromatic carbocycles. The van der Waals surface area contributed by atoms with Crippen molar-refractivity contribution in [2.75, 3.05) is 19.5 Å². The number of benzene rings is 2. The van der Waals surface area contributed by atoms with Crippen LogP contribution in [0.3, 0.4) is 0 Å². The van der Waals surface area contributed by atoms with Crippen molar-refractivity contribution in [3.63, 3.8) is 0 Å². The average Bonchev–Trinajstić information content (AvgIpc) is 2.56. The first kappa shape index (κ1) is 17.9. The fourth-order valence-electron chi connectivity index (χ4n) is 2.20. The molecule has 1 unspecified atom stereocenters. The first-order chi connectivity index (χ1) is 11.4. The second kappa shape index (κ2) is 7.88. The molecule has 2 amide bonds. The van der Waals surface area contributed by atoms with Gasteiger partial charge in [-0.2, -0.15) is 0 Å². The maximum atomic E-state index is 13.0. The Hall–Kier alpha value is -2.47. The molecule has 0 aliphatic heterocycles. The van der Waals surface area contributed by atoms with Gasteiger partial charge in [0, 0.05) is 5.56 Å². The SMILES string of the molecule is COc1ccc(OC)c(C(C)NC(=O)Nc2ccc(F)cc2Cl)c1. The van der Waals surface area contributed by atoms with E-state index in [1.807, 2.05) is 6.92 Å². The zero-order chi connectivity index (χ0) is 17.7. The number of methoxy groups -OCH3 is 2. The summed E-state index contributed by atoms with van der Waals surface area (Å²) in [6.45, 7) is 1.81. The molecular formula is C17H18ClFN2O3. The van der Waals surface area contributed by atoms with Gasteiger partial charge in [0.1, 0.15) is 17.3 Å². The van der Waals surface area contributed by atoms with E-state index in [1.54, 1.807) is 32.4 Å². The van der Waals surface area contributed by atoms with Crippen molar-refractivity contribution in [1.29, 1.82) is 0 Å². The second-order valence-corrected chi connectivity index (χ2v) is 5.46. The maximum absolute atomic E-state index is 13.0. The number of hydrogen-bond acceptors (Lipinski definition) is 3. The number of amides is 2. The van der Waals surface area contributed by atoms with Crippen LogP contribution in [-0.4, -0.2) is 20.3 Å². The summed E-state index contributed by atoms with van der Waals surface area (Å²) in [6, 6.07) is 8.24. The Balaban J connectivity index is 2.11. The van der Waals surface area contributed by atoms with Crippen LogP contribution < -0.4 is 20.1 Å². The fourth-order valence-corrected chi connectivity index (χ4v) is 2.42. The van der Waals surface area contributed by atoms with Crippen LogP contribution in [0.15, 0.2) is 36.4 Å². The quantitative estimate of drug-likeness (QED) is 0.839. The molecule has 2 N–H and O–H groups in total. The molecule has 7 heteroatoms. The Bertz CT molecular complexity index is 740. The normalized spacial score (nSPS) is 11.5. The van der Waals surface area contributed by atoms with E-state index >= 15 is 0 Å². The van der Waals surface area contributed by atoms with Crippen LogP contribution >= 0.6 is 11.6 Å². The van der Waals surface area contributed by atoms with Crippen LogP contribution in [0.4, 0.5) is 14.9 Å². The molecule has 2 rings (SSSR count). The third kappa shape index (κ3) is 4.29. The largest absolute Gasteiger partial charge is 0.497 e. The minimum atomic E-state index is -0.472. The molecule has 0 radical (unpaired) electrons. The highest BCUT2D eigenvalue weighted by Gasteiger charge is 2.16. The molecule has 24 heavy (non-hydrogen) atoms. The van der Waals surface area contributed by atoms with Gasteiger partial charge in [0.05, 0.1) is 31.0 Å². The van der Waals surface area contributed by atoms with Crippen molar-refractivity contribution >= 4 is 23.3 Å². The van der Waals surface area contributed by atoms with E-state index in [1.165, 1.54) is 12.1 Å². The smallest absolute Gasteiger partial charge is 0.319 e. The molecular weight excluding hydrogens is 335 g/mol. The van der Waals surface area contributed by atoms with E-state index in [2.05, 4.69) is 10.6 Å². The Morgan fingerprint density at radius 2 is 1.92 bits per heavy atom. The second-order valence-electron chi connectivity index (χ2n) is 5.05. The number of carbonyl (C=O) groups excluding carboxylic acids is 1. The molecule has 0 fully saturated rings. The summed E-state index contributed by atoms with van der Waals surface area (Å²) in [7, 11) is 3.11. The van der Waals surface area contributed by atoms with E-state index in [0.29, 0.717) is 17.2 Å². The summed E-state index contributed by atoms with van der Waals surface area (Å²) in [5.74, 6) is 0.810. The molecule has 1 atom stereocenters. The van der Waals surface area contributed by atoms with Gasteiger partial charge in [-0.05, 0) is 43.3 Å². The van der Waals surface area contributed by atoms with Gasteiger partial charge < -0.3 is 20.1 Å². The van der Waals surface area contributed by atoms with Crippen molar-refractivity contribution in [2.24, 2.45) is 0 Å². The summed E-state index contributed by atoms with van der Waals surface area (Å²) in [5, 5.41) is 5.48. The van der Waals surface area contributed by atoms with Crippen molar-refractivity contribution in [1.82, 2.24) is 5.32 Å². The molecule has 0 aliphatic rings. The van der Waals surface area contributed by atoms with Gasteiger partial charge in [-0.25, -0.2) is 9.18 Å². The van der Waals surface area contributed by atoms with Crippen molar-refractivity contribution < 1.29 is 18.7 Å². The van der Waals surface area contributed by atoms with Crippen LogP contribution in [0.5, 0.6) is 11.5 Å². The van der Waals surface area contributed by atoms with Crippen LogP contribution in [0.25, 0.3) is 0 Å². The van der Waals surface area contributed by atoms with Crippen molar-refractivity contribution in [3.8, 4) is 11.5 Å². The molecule has 128 valence electrons. The number of urea groups is 1. The number of halogens is 2. The fraction of sp³-hybridized carbons (Fsp3) is 0.235. The zero-order valence-electron chi connectivity index (χ0n) is 13.5. The summed E-state index contributed by atoms with van der Waals surface area (Å²) in [5.41, 5.74) is 1.08.